The van der Waals surface area contributed by atoms with E-state index in [0.717, 1.165) is 11.5 Å². The summed E-state index contributed by atoms with van der Waals surface area (Å²) in [5.41, 5.74) is 0.901. The quantitative estimate of drug-likeness (QED) is 0.590. The van der Waals surface area contributed by atoms with Crippen LogP contribution in [0.3, 0.4) is 0 Å². The molecule has 0 aliphatic heterocycles. The minimum atomic E-state index is -0.214. The topological polar surface area (TPSA) is 27.6 Å². The van der Waals surface area contributed by atoms with Crippen LogP contribution in [0.25, 0.3) is 0 Å². The Kier molecular flexibility index (Phi) is 4.09. The third-order valence-electron chi connectivity index (χ3n) is 1.98. The van der Waals surface area contributed by atoms with Gasteiger partial charge in [0.1, 0.15) is 5.82 Å². The predicted octanol–water partition coefficient (Wildman–Crippen LogP) is 1.46. The Morgan fingerprint density at radius 2 is 2.20 bits per heavy atom. The van der Waals surface area contributed by atoms with Gasteiger partial charge < -0.3 is 10.2 Å². The van der Waals surface area contributed by atoms with Crippen LogP contribution in [0.4, 0.5) is 4.39 Å². The minimum absolute atomic E-state index is 0.214. The number of benzene rings is 1. The summed E-state index contributed by atoms with van der Waals surface area (Å²) in [5.74, 6) is 0.563. The molecule has 0 aromatic heterocycles. The zero-order chi connectivity index (χ0) is 11.3. The van der Waals surface area contributed by atoms with Gasteiger partial charge in [0.15, 0.2) is 5.96 Å². The second kappa shape index (κ2) is 5.34. The van der Waals surface area contributed by atoms with Crippen LogP contribution in [0, 0.1) is 5.82 Å². The molecule has 0 unspecified atom stereocenters. The van der Waals surface area contributed by atoms with Crippen molar-refractivity contribution in [1.29, 1.82) is 0 Å². The first kappa shape index (κ1) is 11.5. The molecule has 0 amide bonds. The molecule has 82 valence electrons. The van der Waals surface area contributed by atoms with Crippen molar-refractivity contribution in [3.63, 3.8) is 0 Å². The maximum atomic E-state index is 12.9. The molecule has 0 bridgehead atoms. The van der Waals surface area contributed by atoms with E-state index in [1.54, 1.807) is 13.1 Å². The SMILES string of the molecule is CN=C(NCc1cccc(F)c1)N(C)C. The number of nitrogens with one attached hydrogen (secondary N) is 1. The van der Waals surface area contributed by atoms with Gasteiger partial charge in [-0.2, -0.15) is 0 Å². The number of halogens is 1. The number of hydrogen-bond acceptors (Lipinski definition) is 1. The fraction of sp³-hybridized carbons (Fsp3) is 0.364. The number of guanidine groups is 1. The van der Waals surface area contributed by atoms with Crippen LogP contribution in [-0.2, 0) is 6.54 Å². The highest BCUT2D eigenvalue weighted by molar-refractivity contribution is 5.79. The molecule has 0 heterocycles. The second-order valence-electron chi connectivity index (χ2n) is 3.43. The van der Waals surface area contributed by atoms with Gasteiger partial charge in [-0.15, -0.1) is 0 Å². The zero-order valence-corrected chi connectivity index (χ0v) is 9.29. The Hall–Kier alpha value is -1.58. The van der Waals surface area contributed by atoms with Crippen molar-refractivity contribution < 1.29 is 4.39 Å². The van der Waals surface area contributed by atoms with Crippen LogP contribution in [-0.4, -0.2) is 32.0 Å². The van der Waals surface area contributed by atoms with Gasteiger partial charge in [0.25, 0.3) is 0 Å². The number of nitrogens with zero attached hydrogens (tertiary/aromatic N) is 2. The van der Waals surface area contributed by atoms with Crippen LogP contribution in [0.5, 0.6) is 0 Å². The third kappa shape index (κ3) is 3.58. The Labute approximate surface area is 89.6 Å². The number of rotatable bonds is 2. The lowest BCUT2D eigenvalue weighted by Crippen LogP contribution is -2.35. The normalized spacial score (nSPS) is 11.3. The van der Waals surface area contributed by atoms with Gasteiger partial charge in [0, 0.05) is 27.7 Å². The van der Waals surface area contributed by atoms with Crippen molar-refractivity contribution in [2.24, 2.45) is 4.99 Å². The van der Waals surface area contributed by atoms with Gasteiger partial charge in [-0.25, -0.2) is 4.39 Å². The maximum absolute atomic E-state index is 12.9. The lowest BCUT2D eigenvalue weighted by atomic mass is 10.2. The molecule has 0 saturated carbocycles. The Balaban J connectivity index is 2.57. The highest BCUT2D eigenvalue weighted by Gasteiger charge is 2.00. The van der Waals surface area contributed by atoms with Gasteiger partial charge in [-0.1, -0.05) is 12.1 Å². The van der Waals surface area contributed by atoms with E-state index in [-0.39, 0.29) is 5.82 Å². The summed E-state index contributed by atoms with van der Waals surface area (Å²) >= 11 is 0. The van der Waals surface area contributed by atoms with Crippen molar-refractivity contribution >= 4 is 5.96 Å². The molecule has 4 heteroatoms. The zero-order valence-electron chi connectivity index (χ0n) is 9.29. The average Bonchev–Trinajstić information content (AvgIpc) is 2.18. The van der Waals surface area contributed by atoms with Gasteiger partial charge in [-0.05, 0) is 17.7 Å². The molecule has 0 aliphatic carbocycles. The first-order valence-corrected chi connectivity index (χ1v) is 4.76. The van der Waals surface area contributed by atoms with Crippen LogP contribution in [0.2, 0.25) is 0 Å². The molecule has 0 aliphatic rings. The lowest BCUT2D eigenvalue weighted by Gasteiger charge is -2.16. The summed E-state index contributed by atoms with van der Waals surface area (Å²) in [6.07, 6.45) is 0. The highest BCUT2D eigenvalue weighted by Crippen LogP contribution is 2.02. The molecule has 0 atom stereocenters. The summed E-state index contributed by atoms with van der Waals surface area (Å²) in [6.45, 7) is 0.572. The van der Waals surface area contributed by atoms with E-state index < -0.39 is 0 Å². The van der Waals surface area contributed by atoms with Crippen LogP contribution < -0.4 is 5.32 Å². The number of aliphatic imine (C=N–C) groups is 1. The highest BCUT2D eigenvalue weighted by atomic mass is 19.1. The lowest BCUT2D eigenvalue weighted by molar-refractivity contribution is 0.581. The van der Waals surface area contributed by atoms with E-state index in [9.17, 15) is 4.39 Å². The van der Waals surface area contributed by atoms with E-state index in [1.165, 1.54) is 12.1 Å². The van der Waals surface area contributed by atoms with Crippen LogP contribution >= 0.6 is 0 Å². The van der Waals surface area contributed by atoms with Gasteiger partial charge >= 0.3 is 0 Å². The molecule has 0 radical (unpaired) electrons. The summed E-state index contributed by atoms with van der Waals surface area (Å²) in [5, 5.41) is 3.12. The molecule has 1 N–H and O–H groups in total. The third-order valence-corrected chi connectivity index (χ3v) is 1.98. The molecule has 1 aromatic carbocycles. The van der Waals surface area contributed by atoms with Crippen molar-refractivity contribution in [2.45, 2.75) is 6.54 Å². The molecular weight excluding hydrogens is 193 g/mol. The van der Waals surface area contributed by atoms with Gasteiger partial charge in [-0.3, -0.25) is 4.99 Å². The fourth-order valence-corrected chi connectivity index (χ4v) is 1.27. The van der Waals surface area contributed by atoms with Crippen LogP contribution in [0.1, 0.15) is 5.56 Å². The molecule has 1 aromatic rings. The van der Waals surface area contributed by atoms with E-state index in [1.807, 2.05) is 25.1 Å². The van der Waals surface area contributed by atoms with E-state index in [0.29, 0.717) is 6.54 Å². The second-order valence-corrected chi connectivity index (χ2v) is 3.43. The van der Waals surface area contributed by atoms with E-state index in [2.05, 4.69) is 10.3 Å². The maximum Gasteiger partial charge on any atom is 0.193 e. The first-order chi connectivity index (χ1) is 7.13. The molecule has 0 saturated heterocycles. The summed E-state index contributed by atoms with van der Waals surface area (Å²) in [7, 11) is 5.52. The molecule has 15 heavy (non-hydrogen) atoms. The average molecular weight is 209 g/mol. The van der Waals surface area contributed by atoms with E-state index >= 15 is 0 Å². The van der Waals surface area contributed by atoms with Gasteiger partial charge in [0.2, 0.25) is 0 Å². The molecule has 1 rings (SSSR count). The summed E-state index contributed by atoms with van der Waals surface area (Å²) in [6, 6.07) is 6.52. The fourth-order valence-electron chi connectivity index (χ4n) is 1.27. The molecule has 0 fully saturated rings. The largest absolute Gasteiger partial charge is 0.352 e. The minimum Gasteiger partial charge on any atom is -0.352 e. The standard InChI is InChI=1S/C11H16FN3/c1-13-11(15(2)3)14-8-9-5-4-6-10(12)7-9/h4-7H,8H2,1-3H3,(H,13,14). The number of hydrogen-bond donors (Lipinski definition) is 1. The van der Waals surface area contributed by atoms with E-state index in [4.69, 9.17) is 0 Å². The van der Waals surface area contributed by atoms with Crippen molar-refractivity contribution in [3.8, 4) is 0 Å². The predicted molar refractivity (Wildman–Crippen MR) is 60.3 cm³/mol. The van der Waals surface area contributed by atoms with Crippen molar-refractivity contribution in [1.82, 2.24) is 10.2 Å². The van der Waals surface area contributed by atoms with Gasteiger partial charge in [0.05, 0.1) is 0 Å². The Bertz CT molecular complexity index is 347. The smallest absolute Gasteiger partial charge is 0.193 e. The van der Waals surface area contributed by atoms with Crippen LogP contribution in [0.15, 0.2) is 29.3 Å². The molecule has 0 spiro atoms. The Morgan fingerprint density at radius 1 is 1.47 bits per heavy atom. The molecular formula is C11H16FN3. The monoisotopic (exact) mass is 209 g/mol. The van der Waals surface area contributed by atoms with Crippen molar-refractivity contribution in [2.75, 3.05) is 21.1 Å². The Morgan fingerprint density at radius 3 is 2.73 bits per heavy atom. The first-order valence-electron chi connectivity index (χ1n) is 4.76. The van der Waals surface area contributed by atoms with Crippen molar-refractivity contribution in [3.05, 3.63) is 35.6 Å². The summed E-state index contributed by atoms with van der Waals surface area (Å²) in [4.78, 5) is 5.94. The molecule has 3 nitrogen and oxygen atoms in total. The summed E-state index contributed by atoms with van der Waals surface area (Å²) < 4.78 is 12.9.